The van der Waals surface area contributed by atoms with Gasteiger partial charge in [0, 0.05) is 39.6 Å². The molecule has 156 valence electrons. The van der Waals surface area contributed by atoms with E-state index in [1.54, 1.807) is 35.3 Å². The second-order valence-electron chi connectivity index (χ2n) is 7.67. The number of benzene rings is 1. The third-order valence-corrected chi connectivity index (χ3v) is 7.33. The molecule has 9 heteroatoms. The average Bonchev–Trinajstić information content (AvgIpc) is 3.32. The van der Waals surface area contributed by atoms with Crippen molar-refractivity contribution in [3.05, 3.63) is 53.2 Å². The van der Waals surface area contributed by atoms with Crippen molar-refractivity contribution in [1.82, 2.24) is 18.1 Å². The van der Waals surface area contributed by atoms with Crippen molar-refractivity contribution < 1.29 is 8.09 Å². The van der Waals surface area contributed by atoms with Crippen LogP contribution in [-0.2, 0) is 10.8 Å². The summed E-state index contributed by atoms with van der Waals surface area (Å²) in [5.74, 6) is 0. The van der Waals surface area contributed by atoms with E-state index in [1.165, 1.54) is 10.4 Å². The summed E-state index contributed by atoms with van der Waals surface area (Å²) in [6, 6.07) is 9.13. The van der Waals surface area contributed by atoms with Crippen molar-refractivity contribution >= 4 is 45.2 Å². The SMILES string of the molecule is CS(=O)c1ccc(-n2c(=O)n(C3CCCCC3)c3c4ccn(SF)c4ncc32)cc1. The molecule has 3 aromatic heterocycles. The Morgan fingerprint density at radius 3 is 2.53 bits per heavy atom. The summed E-state index contributed by atoms with van der Waals surface area (Å²) in [6.07, 6.45) is 10.2. The molecule has 1 aliphatic carbocycles. The smallest absolute Gasteiger partial charge is 0.288 e. The van der Waals surface area contributed by atoms with Crippen LogP contribution >= 0.6 is 12.3 Å². The Kier molecular flexibility index (Phi) is 5.02. The number of hydrogen-bond acceptors (Lipinski definition) is 4. The average molecular weight is 445 g/mol. The van der Waals surface area contributed by atoms with Gasteiger partial charge in [-0.1, -0.05) is 19.3 Å². The molecule has 0 N–H and O–H groups in total. The molecule has 5 rings (SSSR count). The zero-order valence-corrected chi connectivity index (χ0v) is 18.1. The number of halogens is 1. The maximum Gasteiger partial charge on any atom is 0.334 e. The van der Waals surface area contributed by atoms with E-state index in [9.17, 15) is 12.9 Å². The van der Waals surface area contributed by atoms with Crippen LogP contribution in [0, 0.1) is 0 Å². The van der Waals surface area contributed by atoms with Crippen LogP contribution in [0.4, 0.5) is 3.89 Å². The first-order valence-corrected chi connectivity index (χ1v) is 12.2. The van der Waals surface area contributed by atoms with Crippen LogP contribution in [0.15, 0.2) is 52.4 Å². The highest BCUT2D eigenvalue weighted by atomic mass is 32.2. The summed E-state index contributed by atoms with van der Waals surface area (Å²) in [6.45, 7) is 0. The summed E-state index contributed by atoms with van der Waals surface area (Å²) in [7, 11) is -1.09. The fraction of sp³-hybridized carbons (Fsp3) is 0.333. The Morgan fingerprint density at radius 1 is 1.13 bits per heavy atom. The molecule has 1 fully saturated rings. The van der Waals surface area contributed by atoms with Gasteiger partial charge in [0.25, 0.3) is 0 Å². The topological polar surface area (TPSA) is 61.8 Å². The first kappa shape index (κ1) is 19.6. The lowest BCUT2D eigenvalue weighted by Crippen LogP contribution is -2.28. The number of pyridine rings is 1. The number of hydrogen-bond donors (Lipinski definition) is 0. The zero-order chi connectivity index (χ0) is 20.8. The van der Waals surface area contributed by atoms with Crippen LogP contribution in [-0.4, -0.2) is 28.6 Å². The van der Waals surface area contributed by atoms with E-state index < -0.39 is 10.8 Å². The third kappa shape index (κ3) is 3.02. The summed E-state index contributed by atoms with van der Waals surface area (Å²) in [5.41, 5.74) is 2.60. The van der Waals surface area contributed by atoms with Crippen LogP contribution in [0.5, 0.6) is 0 Å². The zero-order valence-electron chi connectivity index (χ0n) is 16.5. The van der Waals surface area contributed by atoms with Crippen molar-refractivity contribution in [3.8, 4) is 5.69 Å². The third-order valence-electron chi connectivity index (χ3n) is 5.95. The highest BCUT2D eigenvalue weighted by Crippen LogP contribution is 2.34. The van der Waals surface area contributed by atoms with Gasteiger partial charge in [0.05, 0.1) is 22.9 Å². The number of rotatable bonds is 4. The van der Waals surface area contributed by atoms with Crippen molar-refractivity contribution in [1.29, 1.82) is 0 Å². The molecule has 1 aliphatic rings. The first-order valence-electron chi connectivity index (χ1n) is 9.96. The van der Waals surface area contributed by atoms with Gasteiger partial charge in [0.1, 0.15) is 0 Å². The highest BCUT2D eigenvalue weighted by Gasteiger charge is 2.25. The van der Waals surface area contributed by atoms with Gasteiger partial charge in [0.2, 0.25) is 0 Å². The standard InChI is InChI=1S/C21H21FN4O2S2/c1-30(28)16-9-7-15(8-10-16)25-18-13-23-20-17(11-12-24(20)29-22)19(18)26(21(25)27)14-5-3-2-4-6-14/h7-14H,2-6H2,1H3. The van der Waals surface area contributed by atoms with Gasteiger partial charge in [-0.2, -0.15) is 0 Å². The molecule has 0 amide bonds. The Labute approximate surface area is 179 Å². The van der Waals surface area contributed by atoms with Gasteiger partial charge in [-0.15, -0.1) is 3.89 Å². The van der Waals surface area contributed by atoms with E-state index in [0.29, 0.717) is 21.7 Å². The Balaban J connectivity index is 1.82. The van der Waals surface area contributed by atoms with Crippen LogP contribution in [0.1, 0.15) is 38.1 Å². The van der Waals surface area contributed by atoms with Gasteiger partial charge < -0.3 is 0 Å². The van der Waals surface area contributed by atoms with E-state index in [-0.39, 0.29) is 24.1 Å². The molecule has 1 atom stereocenters. The maximum absolute atomic E-state index is 13.7. The molecule has 3 heterocycles. The molecular weight excluding hydrogens is 423 g/mol. The van der Waals surface area contributed by atoms with Gasteiger partial charge in [-0.3, -0.25) is 13.3 Å². The minimum Gasteiger partial charge on any atom is -0.288 e. The van der Waals surface area contributed by atoms with E-state index in [1.807, 2.05) is 22.8 Å². The largest absolute Gasteiger partial charge is 0.334 e. The predicted molar refractivity (Wildman–Crippen MR) is 119 cm³/mol. The van der Waals surface area contributed by atoms with Crippen molar-refractivity contribution in [2.75, 3.05) is 6.26 Å². The van der Waals surface area contributed by atoms with Crippen LogP contribution < -0.4 is 5.69 Å². The maximum atomic E-state index is 13.7. The Bertz CT molecular complexity index is 1320. The molecule has 0 radical (unpaired) electrons. The first-order chi connectivity index (χ1) is 14.6. The molecular formula is C21H21FN4O2S2. The fourth-order valence-electron chi connectivity index (χ4n) is 4.53. The van der Waals surface area contributed by atoms with Crippen molar-refractivity contribution in [3.63, 3.8) is 0 Å². The monoisotopic (exact) mass is 444 g/mol. The van der Waals surface area contributed by atoms with Crippen LogP contribution in [0.2, 0.25) is 0 Å². The number of nitrogens with zero attached hydrogens (tertiary/aromatic N) is 4. The Hall–Kier alpha value is -2.39. The molecule has 30 heavy (non-hydrogen) atoms. The fourth-order valence-corrected chi connectivity index (χ4v) is 5.37. The van der Waals surface area contributed by atoms with Crippen LogP contribution in [0.25, 0.3) is 27.8 Å². The number of aromatic nitrogens is 4. The summed E-state index contributed by atoms with van der Waals surface area (Å²) in [4.78, 5) is 18.8. The van der Waals surface area contributed by atoms with E-state index in [2.05, 4.69) is 4.98 Å². The molecule has 0 aliphatic heterocycles. The van der Waals surface area contributed by atoms with Crippen LogP contribution in [0.3, 0.4) is 0 Å². The molecule has 0 spiro atoms. The van der Waals surface area contributed by atoms with E-state index in [0.717, 1.165) is 36.6 Å². The molecule has 0 saturated heterocycles. The summed E-state index contributed by atoms with van der Waals surface area (Å²) < 4.78 is 30.0. The normalized spacial score (nSPS) is 16.5. The van der Waals surface area contributed by atoms with Crippen molar-refractivity contribution in [2.45, 2.75) is 43.0 Å². The second kappa shape index (κ2) is 7.70. The minimum atomic E-state index is -1.09. The summed E-state index contributed by atoms with van der Waals surface area (Å²) in [5, 5.41) is 0.769. The molecule has 0 bridgehead atoms. The summed E-state index contributed by atoms with van der Waals surface area (Å²) >= 11 is 0.0978. The molecule has 1 saturated carbocycles. The quantitative estimate of drug-likeness (QED) is 0.455. The molecule has 1 aromatic carbocycles. The lowest BCUT2D eigenvalue weighted by Gasteiger charge is -2.23. The van der Waals surface area contributed by atoms with Gasteiger partial charge in [-0.05, 0) is 43.2 Å². The van der Waals surface area contributed by atoms with Crippen molar-refractivity contribution in [2.24, 2.45) is 0 Å². The van der Waals surface area contributed by atoms with E-state index in [4.69, 9.17) is 0 Å². The molecule has 4 aromatic rings. The number of imidazole rings is 1. The second-order valence-corrected chi connectivity index (χ2v) is 9.58. The number of fused-ring (bicyclic) bond motifs is 3. The van der Waals surface area contributed by atoms with Gasteiger partial charge in [-0.25, -0.2) is 13.8 Å². The predicted octanol–water partition coefficient (Wildman–Crippen LogP) is 4.77. The van der Waals surface area contributed by atoms with E-state index >= 15 is 0 Å². The Morgan fingerprint density at radius 2 is 1.87 bits per heavy atom. The lowest BCUT2D eigenvalue weighted by molar-refractivity contribution is 0.352. The lowest BCUT2D eigenvalue weighted by atomic mass is 9.95. The molecule has 1 unspecified atom stereocenters. The minimum absolute atomic E-state index is 0.0978. The van der Waals surface area contributed by atoms with Gasteiger partial charge in [0.15, 0.2) is 18.0 Å². The van der Waals surface area contributed by atoms with Gasteiger partial charge >= 0.3 is 5.69 Å². The molecule has 6 nitrogen and oxygen atoms in total. The highest BCUT2D eigenvalue weighted by molar-refractivity contribution is 7.92.